The van der Waals surface area contributed by atoms with Gasteiger partial charge in [0.2, 0.25) is 6.33 Å². The smallest absolute Gasteiger partial charge is 0.248 e. The molecule has 0 atom stereocenters. The number of unbranched alkanes of at least 4 members (excludes halogenated alkanes) is 11. The van der Waals surface area contributed by atoms with Gasteiger partial charge in [-0.1, -0.05) is 88.8 Å². The van der Waals surface area contributed by atoms with Crippen LogP contribution in [0, 0.1) is 6.92 Å². The van der Waals surface area contributed by atoms with E-state index in [0.717, 1.165) is 6.54 Å². The zero-order valence-electron chi connectivity index (χ0n) is 17.5. The normalized spacial score (nSPS) is 10.7. The number of hydrogen-bond acceptors (Lipinski definition) is 0. The number of hydrogen-bond donors (Lipinski definition) is 0. The number of rotatable bonds is 14. The molecule has 0 spiro atoms. The number of benzene rings is 1. The molecular formula is C24H39BrN2. The topological polar surface area (TPSA) is 8.81 Å². The van der Waals surface area contributed by atoms with Gasteiger partial charge in [-0.2, -0.15) is 0 Å². The van der Waals surface area contributed by atoms with Gasteiger partial charge in [-0.15, -0.1) is 0 Å². The van der Waals surface area contributed by atoms with Crippen LogP contribution in [0.15, 0.2) is 43.0 Å². The van der Waals surface area contributed by atoms with Crippen LogP contribution in [-0.2, 0) is 6.54 Å². The average molecular weight is 435 g/mol. The van der Waals surface area contributed by atoms with Crippen molar-refractivity contribution in [3.63, 3.8) is 0 Å². The molecule has 2 rings (SSSR count). The Morgan fingerprint density at radius 2 is 1.26 bits per heavy atom. The first-order valence-electron chi connectivity index (χ1n) is 10.9. The van der Waals surface area contributed by atoms with Gasteiger partial charge >= 0.3 is 0 Å². The van der Waals surface area contributed by atoms with E-state index in [1.807, 2.05) is 0 Å². The van der Waals surface area contributed by atoms with E-state index in [0.29, 0.717) is 0 Å². The molecule has 3 heteroatoms. The molecule has 0 saturated carbocycles. The quantitative estimate of drug-likeness (QED) is 0.316. The fourth-order valence-electron chi connectivity index (χ4n) is 3.53. The number of nitrogens with zero attached hydrogens (tertiary/aromatic N) is 2. The lowest BCUT2D eigenvalue weighted by Gasteiger charge is -2.02. The highest BCUT2D eigenvalue weighted by atomic mass is 79.9. The number of halogens is 1. The molecule has 27 heavy (non-hydrogen) atoms. The first-order valence-corrected chi connectivity index (χ1v) is 10.9. The van der Waals surface area contributed by atoms with Gasteiger partial charge in [-0.25, -0.2) is 9.13 Å². The van der Waals surface area contributed by atoms with Crippen LogP contribution < -0.4 is 21.5 Å². The van der Waals surface area contributed by atoms with Gasteiger partial charge in [0.15, 0.2) is 0 Å². The molecule has 0 fully saturated rings. The molecule has 152 valence electrons. The monoisotopic (exact) mass is 434 g/mol. The Morgan fingerprint density at radius 1 is 0.741 bits per heavy atom. The van der Waals surface area contributed by atoms with Crippen molar-refractivity contribution < 1.29 is 21.5 Å². The molecule has 1 heterocycles. The summed E-state index contributed by atoms with van der Waals surface area (Å²) in [6, 6.07) is 8.71. The van der Waals surface area contributed by atoms with E-state index in [1.54, 1.807) is 0 Å². The third kappa shape index (κ3) is 10.1. The number of imidazole rings is 1. The lowest BCUT2D eigenvalue weighted by Crippen LogP contribution is -3.00. The maximum atomic E-state index is 2.32. The zero-order chi connectivity index (χ0) is 18.5. The van der Waals surface area contributed by atoms with Crippen molar-refractivity contribution >= 4 is 0 Å². The molecule has 0 saturated heterocycles. The van der Waals surface area contributed by atoms with Crippen LogP contribution in [0.3, 0.4) is 0 Å². The fourth-order valence-corrected chi connectivity index (χ4v) is 3.53. The molecule has 0 bridgehead atoms. The molecule has 1 aromatic carbocycles. The van der Waals surface area contributed by atoms with Crippen LogP contribution in [-0.4, -0.2) is 4.57 Å². The maximum Gasteiger partial charge on any atom is 0.248 e. The standard InChI is InChI=1S/C24H39N2.BrH/c1-3-4-5-6-7-8-9-10-11-12-13-14-19-25-20-21-26(22-25)24-17-15-23(2)16-18-24;/h15-18,20-22H,3-14,19H2,1-2H3;1H/q+1;/p-1. The first kappa shape index (κ1) is 23.9. The van der Waals surface area contributed by atoms with E-state index in [-0.39, 0.29) is 17.0 Å². The predicted octanol–water partition coefficient (Wildman–Crippen LogP) is 3.78. The van der Waals surface area contributed by atoms with Crippen molar-refractivity contribution in [3.8, 4) is 5.69 Å². The summed E-state index contributed by atoms with van der Waals surface area (Å²) in [5.74, 6) is 0. The van der Waals surface area contributed by atoms with Crippen LogP contribution in [0.25, 0.3) is 5.69 Å². The second kappa shape index (κ2) is 14.9. The molecule has 0 amide bonds. The van der Waals surface area contributed by atoms with Gasteiger partial charge < -0.3 is 17.0 Å². The van der Waals surface area contributed by atoms with Crippen LogP contribution >= 0.6 is 0 Å². The Bertz CT molecular complexity index is 589. The van der Waals surface area contributed by atoms with Crippen molar-refractivity contribution in [1.82, 2.24) is 4.57 Å². The highest BCUT2D eigenvalue weighted by Crippen LogP contribution is 2.12. The third-order valence-corrected chi connectivity index (χ3v) is 5.29. The Morgan fingerprint density at radius 3 is 1.81 bits per heavy atom. The minimum absolute atomic E-state index is 0. The van der Waals surface area contributed by atoms with Crippen LogP contribution in [0.5, 0.6) is 0 Å². The SMILES string of the molecule is CCCCCCCCCCCCCC[n+]1ccn(-c2ccc(C)cc2)c1.[Br-]. The fraction of sp³-hybridized carbons (Fsp3) is 0.625. The van der Waals surface area contributed by atoms with Gasteiger partial charge in [-0.3, -0.25) is 0 Å². The van der Waals surface area contributed by atoms with Crippen molar-refractivity contribution in [2.75, 3.05) is 0 Å². The van der Waals surface area contributed by atoms with Gasteiger partial charge in [-0.05, 0) is 31.9 Å². The summed E-state index contributed by atoms with van der Waals surface area (Å²) in [6.45, 7) is 5.56. The second-order valence-corrected chi connectivity index (χ2v) is 7.78. The van der Waals surface area contributed by atoms with Crippen molar-refractivity contribution in [1.29, 1.82) is 0 Å². The van der Waals surface area contributed by atoms with Crippen molar-refractivity contribution in [2.24, 2.45) is 0 Å². The molecule has 0 radical (unpaired) electrons. The number of aromatic nitrogens is 2. The largest absolute Gasteiger partial charge is 1.00 e. The highest BCUT2D eigenvalue weighted by molar-refractivity contribution is 5.33. The summed E-state index contributed by atoms with van der Waals surface area (Å²) >= 11 is 0. The highest BCUT2D eigenvalue weighted by Gasteiger charge is 2.05. The second-order valence-electron chi connectivity index (χ2n) is 7.78. The minimum Gasteiger partial charge on any atom is -1.00 e. The molecule has 2 aromatic rings. The molecule has 0 aliphatic rings. The summed E-state index contributed by atoms with van der Waals surface area (Å²) in [5.41, 5.74) is 2.55. The molecule has 0 aliphatic heterocycles. The minimum atomic E-state index is 0. The van der Waals surface area contributed by atoms with Gasteiger partial charge in [0.05, 0.1) is 6.54 Å². The first-order chi connectivity index (χ1) is 12.8. The van der Waals surface area contributed by atoms with Crippen LogP contribution in [0.2, 0.25) is 0 Å². The van der Waals surface area contributed by atoms with E-state index in [9.17, 15) is 0 Å². The lowest BCUT2D eigenvalue weighted by atomic mass is 10.1. The summed E-state index contributed by atoms with van der Waals surface area (Å²) < 4.78 is 4.52. The summed E-state index contributed by atoms with van der Waals surface area (Å²) in [7, 11) is 0. The average Bonchev–Trinajstić information content (AvgIpc) is 3.12. The number of aryl methyl sites for hydroxylation is 2. The van der Waals surface area contributed by atoms with Gasteiger partial charge in [0.1, 0.15) is 18.1 Å². The lowest BCUT2D eigenvalue weighted by molar-refractivity contribution is -0.696. The van der Waals surface area contributed by atoms with E-state index in [4.69, 9.17) is 0 Å². The summed E-state index contributed by atoms with van der Waals surface area (Å²) in [6.07, 6.45) is 23.5. The van der Waals surface area contributed by atoms with Crippen molar-refractivity contribution in [3.05, 3.63) is 48.5 Å². The Labute approximate surface area is 177 Å². The molecule has 2 nitrogen and oxygen atoms in total. The maximum absolute atomic E-state index is 2.32. The van der Waals surface area contributed by atoms with E-state index in [1.165, 1.54) is 88.3 Å². The van der Waals surface area contributed by atoms with E-state index in [2.05, 4.69) is 66.0 Å². The summed E-state index contributed by atoms with van der Waals surface area (Å²) in [4.78, 5) is 0. The molecular weight excluding hydrogens is 396 g/mol. The van der Waals surface area contributed by atoms with Gasteiger partial charge in [0, 0.05) is 0 Å². The molecule has 0 aliphatic carbocycles. The third-order valence-electron chi connectivity index (χ3n) is 5.29. The molecule has 1 aromatic heterocycles. The van der Waals surface area contributed by atoms with Crippen molar-refractivity contribution in [2.45, 2.75) is 97.4 Å². The van der Waals surface area contributed by atoms with Crippen LogP contribution in [0.1, 0.15) is 89.5 Å². The summed E-state index contributed by atoms with van der Waals surface area (Å²) in [5, 5.41) is 0. The molecule has 0 N–H and O–H groups in total. The molecule has 0 unspecified atom stereocenters. The Balaban J connectivity index is 0.00000364. The Kier molecular flexibility index (Phi) is 13.2. The van der Waals surface area contributed by atoms with Gasteiger partial charge in [0.25, 0.3) is 0 Å². The van der Waals surface area contributed by atoms with E-state index < -0.39 is 0 Å². The predicted molar refractivity (Wildman–Crippen MR) is 112 cm³/mol. The zero-order valence-corrected chi connectivity index (χ0v) is 19.1. The Hall–Kier alpha value is -1.09. The van der Waals surface area contributed by atoms with E-state index >= 15 is 0 Å². The van der Waals surface area contributed by atoms with Crippen LogP contribution in [0.4, 0.5) is 0 Å².